The maximum atomic E-state index is 12.5. The highest BCUT2D eigenvalue weighted by Gasteiger charge is 2.22. The van der Waals surface area contributed by atoms with Crippen molar-refractivity contribution in [1.82, 2.24) is 20.0 Å². The van der Waals surface area contributed by atoms with Gasteiger partial charge in [0.1, 0.15) is 5.69 Å². The van der Waals surface area contributed by atoms with Crippen LogP contribution in [0.2, 0.25) is 0 Å². The lowest BCUT2D eigenvalue weighted by atomic mass is 10.1. The molecule has 0 saturated carbocycles. The molecule has 8 heteroatoms. The lowest BCUT2D eigenvalue weighted by Crippen LogP contribution is -2.41. The Balaban J connectivity index is 1.59. The monoisotopic (exact) mass is 323 g/mol. The van der Waals surface area contributed by atoms with E-state index in [9.17, 15) is 4.79 Å². The molecule has 0 spiro atoms. The maximum Gasteiger partial charge on any atom is 0.271 e. The van der Waals surface area contributed by atoms with Crippen molar-refractivity contribution in [2.75, 3.05) is 51.8 Å². The maximum absolute atomic E-state index is 12.5. The molecule has 1 aromatic rings. The van der Waals surface area contributed by atoms with Crippen molar-refractivity contribution in [3.8, 4) is 0 Å². The van der Waals surface area contributed by atoms with Gasteiger partial charge < -0.3 is 20.5 Å². The molecule has 128 valence electrons. The third-order valence-corrected chi connectivity index (χ3v) is 4.37. The Bertz CT molecular complexity index is 521. The number of amides is 1. The minimum absolute atomic E-state index is 0.145. The van der Waals surface area contributed by atoms with Gasteiger partial charge in [-0.05, 0) is 12.8 Å². The van der Waals surface area contributed by atoms with E-state index in [2.05, 4.69) is 15.3 Å². The van der Waals surface area contributed by atoms with Crippen LogP contribution in [0.4, 0.5) is 5.69 Å². The SMILES string of the molecule is Nc1cnn(CCN2CCOCC2)c1C(=O)NC1CCOCC1. The summed E-state index contributed by atoms with van der Waals surface area (Å²) in [4.78, 5) is 14.8. The minimum atomic E-state index is -0.145. The first-order valence-corrected chi connectivity index (χ1v) is 8.24. The number of nitrogens with zero attached hydrogens (tertiary/aromatic N) is 3. The summed E-state index contributed by atoms with van der Waals surface area (Å²) < 4.78 is 12.4. The number of nitrogens with two attached hydrogens (primary N) is 1. The lowest BCUT2D eigenvalue weighted by Gasteiger charge is -2.26. The zero-order chi connectivity index (χ0) is 16.1. The van der Waals surface area contributed by atoms with Crippen molar-refractivity contribution in [3.63, 3.8) is 0 Å². The minimum Gasteiger partial charge on any atom is -0.396 e. The Hall–Kier alpha value is -1.64. The normalized spacial score (nSPS) is 20.5. The Morgan fingerprint density at radius 3 is 2.65 bits per heavy atom. The van der Waals surface area contributed by atoms with Gasteiger partial charge in [0.2, 0.25) is 0 Å². The van der Waals surface area contributed by atoms with E-state index in [1.165, 1.54) is 0 Å². The molecule has 8 nitrogen and oxygen atoms in total. The van der Waals surface area contributed by atoms with Gasteiger partial charge in [-0.25, -0.2) is 0 Å². The largest absolute Gasteiger partial charge is 0.396 e. The van der Waals surface area contributed by atoms with Crippen LogP contribution in [0.25, 0.3) is 0 Å². The smallest absolute Gasteiger partial charge is 0.271 e. The van der Waals surface area contributed by atoms with Crippen LogP contribution in [-0.4, -0.2) is 72.7 Å². The van der Waals surface area contributed by atoms with E-state index in [1.807, 2.05) is 0 Å². The summed E-state index contributed by atoms with van der Waals surface area (Å²) in [5, 5.41) is 7.31. The second-order valence-corrected chi connectivity index (χ2v) is 5.99. The summed E-state index contributed by atoms with van der Waals surface area (Å²) in [7, 11) is 0. The fourth-order valence-corrected chi connectivity index (χ4v) is 2.97. The Kier molecular flexibility index (Phi) is 5.47. The quantitative estimate of drug-likeness (QED) is 0.773. The highest BCUT2D eigenvalue weighted by atomic mass is 16.5. The molecular formula is C15H25N5O3. The lowest BCUT2D eigenvalue weighted by molar-refractivity contribution is 0.0358. The first kappa shape index (κ1) is 16.2. The van der Waals surface area contributed by atoms with Crippen molar-refractivity contribution in [2.24, 2.45) is 0 Å². The van der Waals surface area contributed by atoms with Gasteiger partial charge in [-0.15, -0.1) is 0 Å². The molecule has 0 aliphatic carbocycles. The fraction of sp³-hybridized carbons (Fsp3) is 0.733. The molecule has 0 aromatic carbocycles. The van der Waals surface area contributed by atoms with Crippen LogP contribution in [-0.2, 0) is 16.0 Å². The van der Waals surface area contributed by atoms with Crippen LogP contribution in [0, 0.1) is 0 Å². The number of aromatic nitrogens is 2. The van der Waals surface area contributed by atoms with Gasteiger partial charge in [-0.1, -0.05) is 0 Å². The molecule has 2 aliphatic rings. The average Bonchev–Trinajstić information content (AvgIpc) is 2.95. The summed E-state index contributed by atoms with van der Waals surface area (Å²) >= 11 is 0. The molecule has 0 bridgehead atoms. The van der Waals surface area contributed by atoms with Gasteiger partial charge in [0.25, 0.3) is 5.91 Å². The summed E-state index contributed by atoms with van der Waals surface area (Å²) in [6.45, 7) is 6.22. The van der Waals surface area contributed by atoms with Crippen LogP contribution in [0.3, 0.4) is 0 Å². The summed E-state index contributed by atoms with van der Waals surface area (Å²) in [6, 6.07) is 0.151. The zero-order valence-corrected chi connectivity index (χ0v) is 13.4. The third kappa shape index (κ3) is 4.21. The highest BCUT2D eigenvalue weighted by molar-refractivity contribution is 5.97. The Labute approximate surface area is 135 Å². The molecule has 0 radical (unpaired) electrons. The number of hydrogen-bond donors (Lipinski definition) is 2. The van der Waals surface area contributed by atoms with Crippen molar-refractivity contribution in [3.05, 3.63) is 11.9 Å². The molecule has 1 aromatic heterocycles. The van der Waals surface area contributed by atoms with Gasteiger partial charge in [0, 0.05) is 38.9 Å². The molecule has 0 unspecified atom stereocenters. The van der Waals surface area contributed by atoms with Crippen LogP contribution in [0.1, 0.15) is 23.3 Å². The topological polar surface area (TPSA) is 94.6 Å². The van der Waals surface area contributed by atoms with Crippen molar-refractivity contribution < 1.29 is 14.3 Å². The average molecular weight is 323 g/mol. The van der Waals surface area contributed by atoms with Gasteiger partial charge in [0.15, 0.2) is 0 Å². The first-order valence-electron chi connectivity index (χ1n) is 8.24. The molecular weight excluding hydrogens is 298 g/mol. The molecule has 2 aliphatic heterocycles. The first-order chi connectivity index (χ1) is 11.2. The van der Waals surface area contributed by atoms with Crippen LogP contribution < -0.4 is 11.1 Å². The van der Waals surface area contributed by atoms with Gasteiger partial charge in [-0.2, -0.15) is 5.10 Å². The molecule has 0 atom stereocenters. The molecule has 1 amide bonds. The number of hydrogen-bond acceptors (Lipinski definition) is 6. The van der Waals surface area contributed by atoms with E-state index in [1.54, 1.807) is 10.9 Å². The van der Waals surface area contributed by atoms with Crippen molar-refractivity contribution in [1.29, 1.82) is 0 Å². The third-order valence-electron chi connectivity index (χ3n) is 4.37. The second kappa shape index (κ2) is 7.76. The predicted octanol–water partition coefficient (Wildman–Crippen LogP) is -0.294. The van der Waals surface area contributed by atoms with E-state index >= 15 is 0 Å². The number of anilines is 1. The fourth-order valence-electron chi connectivity index (χ4n) is 2.97. The van der Waals surface area contributed by atoms with E-state index in [-0.39, 0.29) is 11.9 Å². The van der Waals surface area contributed by atoms with Crippen molar-refractivity contribution >= 4 is 11.6 Å². The van der Waals surface area contributed by atoms with Crippen LogP contribution >= 0.6 is 0 Å². The van der Waals surface area contributed by atoms with Gasteiger partial charge >= 0.3 is 0 Å². The van der Waals surface area contributed by atoms with E-state index in [0.29, 0.717) is 31.1 Å². The standard InChI is InChI=1S/C15H25N5O3/c16-13-11-17-20(4-3-19-5-9-23-10-6-19)14(13)15(21)18-12-1-7-22-8-2-12/h11-12H,1-10,16H2,(H,18,21). The second-order valence-electron chi connectivity index (χ2n) is 5.99. The number of nitrogens with one attached hydrogen (secondary N) is 1. The molecule has 3 heterocycles. The van der Waals surface area contributed by atoms with Gasteiger partial charge in [-0.3, -0.25) is 14.4 Å². The summed E-state index contributed by atoms with van der Waals surface area (Å²) in [5.74, 6) is -0.145. The molecule has 3 rings (SSSR count). The molecule has 2 saturated heterocycles. The van der Waals surface area contributed by atoms with Gasteiger partial charge in [0.05, 0.1) is 31.6 Å². The number of morpholine rings is 1. The number of ether oxygens (including phenoxy) is 2. The number of rotatable bonds is 5. The van der Waals surface area contributed by atoms with Crippen molar-refractivity contribution in [2.45, 2.75) is 25.4 Å². The number of carbonyl (C=O) groups excluding carboxylic acids is 1. The van der Waals surface area contributed by atoms with Crippen LogP contribution in [0.15, 0.2) is 6.20 Å². The predicted molar refractivity (Wildman–Crippen MR) is 85.2 cm³/mol. The summed E-state index contributed by atoms with van der Waals surface area (Å²) in [5.41, 5.74) is 6.84. The van der Waals surface area contributed by atoms with E-state index < -0.39 is 0 Å². The van der Waals surface area contributed by atoms with Crippen LogP contribution in [0.5, 0.6) is 0 Å². The summed E-state index contributed by atoms with van der Waals surface area (Å²) in [6.07, 6.45) is 3.24. The number of carbonyl (C=O) groups is 1. The number of nitrogen functional groups attached to an aromatic ring is 1. The Morgan fingerprint density at radius 2 is 1.91 bits per heavy atom. The highest BCUT2D eigenvalue weighted by Crippen LogP contribution is 2.13. The molecule has 2 fully saturated rings. The van der Waals surface area contributed by atoms with E-state index in [0.717, 1.165) is 45.7 Å². The molecule has 23 heavy (non-hydrogen) atoms. The molecule has 3 N–H and O–H groups in total. The van der Waals surface area contributed by atoms with E-state index in [4.69, 9.17) is 15.2 Å². The zero-order valence-electron chi connectivity index (χ0n) is 13.4. The Morgan fingerprint density at radius 1 is 1.22 bits per heavy atom.